The van der Waals surface area contributed by atoms with Crippen molar-refractivity contribution >= 4 is 34.8 Å². The highest BCUT2D eigenvalue weighted by atomic mass is 35.5. The Morgan fingerprint density at radius 1 is 1.27 bits per heavy atom. The van der Waals surface area contributed by atoms with Gasteiger partial charge in [0.25, 0.3) is 0 Å². The number of carbonyl (C=O) groups excluding carboxylic acids is 1. The molecule has 0 aliphatic heterocycles. The van der Waals surface area contributed by atoms with Crippen molar-refractivity contribution < 1.29 is 9.21 Å². The van der Waals surface area contributed by atoms with Gasteiger partial charge in [0.2, 0.25) is 0 Å². The van der Waals surface area contributed by atoms with Gasteiger partial charge in [0.05, 0.1) is 5.02 Å². The molecule has 0 saturated carbocycles. The zero-order valence-corrected chi connectivity index (χ0v) is 13.1. The second-order valence-corrected chi connectivity index (χ2v) is 5.04. The van der Waals surface area contributed by atoms with Crippen molar-refractivity contribution in [3.05, 3.63) is 59.8 Å². The number of rotatable bonds is 4. The smallest absolute Gasteiger partial charge is 0.305 e. The van der Waals surface area contributed by atoms with Crippen molar-refractivity contribution in [1.29, 1.82) is 0 Å². The van der Waals surface area contributed by atoms with Crippen molar-refractivity contribution in [2.45, 2.75) is 0 Å². The minimum atomic E-state index is -0.443. The van der Waals surface area contributed by atoms with Gasteiger partial charge >= 0.3 is 5.91 Å². The summed E-state index contributed by atoms with van der Waals surface area (Å²) in [6.45, 7) is 4.05. The van der Waals surface area contributed by atoms with Gasteiger partial charge in [0, 0.05) is 12.1 Å². The van der Waals surface area contributed by atoms with Gasteiger partial charge < -0.3 is 9.73 Å². The van der Waals surface area contributed by atoms with E-state index in [1.54, 1.807) is 24.3 Å². The Bertz CT molecular complexity index is 700. The Labute approximate surface area is 138 Å². The van der Waals surface area contributed by atoms with Crippen LogP contribution in [0.2, 0.25) is 5.02 Å². The Kier molecular flexibility index (Phi) is 5.57. The minimum absolute atomic E-state index is 0.147. The molecule has 1 aromatic heterocycles. The lowest BCUT2D eigenvalue weighted by Gasteiger charge is -2.08. The van der Waals surface area contributed by atoms with Crippen molar-refractivity contribution in [3.63, 3.8) is 0 Å². The number of carbonyl (C=O) groups is 1. The third kappa shape index (κ3) is 4.09. The molecule has 0 fully saturated rings. The fourth-order valence-corrected chi connectivity index (χ4v) is 2.01. The zero-order chi connectivity index (χ0) is 15.9. The molecular weight excluding hydrogens is 322 g/mol. The van der Waals surface area contributed by atoms with E-state index in [2.05, 4.69) is 22.7 Å². The molecule has 3 N–H and O–H groups in total. The topological polar surface area (TPSA) is 66.3 Å². The van der Waals surface area contributed by atoms with Crippen LogP contribution in [0.5, 0.6) is 0 Å². The van der Waals surface area contributed by atoms with Gasteiger partial charge in [-0.3, -0.25) is 15.6 Å². The van der Waals surface area contributed by atoms with E-state index in [1.165, 1.54) is 0 Å². The summed E-state index contributed by atoms with van der Waals surface area (Å²) in [4.78, 5) is 11.9. The lowest BCUT2D eigenvalue weighted by molar-refractivity contribution is 0.0916. The van der Waals surface area contributed by atoms with Crippen LogP contribution in [0, 0.1) is 0 Å². The molecule has 2 aromatic rings. The van der Waals surface area contributed by atoms with Crippen LogP contribution in [0.15, 0.2) is 53.5 Å². The van der Waals surface area contributed by atoms with Crippen LogP contribution in [0.25, 0.3) is 11.3 Å². The van der Waals surface area contributed by atoms with Crippen LogP contribution < -0.4 is 16.2 Å². The van der Waals surface area contributed by atoms with E-state index in [9.17, 15) is 4.79 Å². The number of thiocarbonyl (C=S) groups is 1. The number of furan rings is 1. The molecule has 1 heterocycles. The predicted molar refractivity (Wildman–Crippen MR) is 90.6 cm³/mol. The van der Waals surface area contributed by atoms with E-state index in [0.717, 1.165) is 5.56 Å². The first-order chi connectivity index (χ1) is 10.6. The maximum atomic E-state index is 11.9. The number of amides is 1. The van der Waals surface area contributed by atoms with E-state index < -0.39 is 5.91 Å². The molecule has 0 aliphatic rings. The first kappa shape index (κ1) is 16.1. The maximum Gasteiger partial charge on any atom is 0.305 e. The number of hydrogen-bond donors (Lipinski definition) is 3. The average molecular weight is 336 g/mol. The predicted octanol–water partition coefficient (Wildman–Crippen LogP) is 2.89. The molecule has 22 heavy (non-hydrogen) atoms. The van der Waals surface area contributed by atoms with E-state index in [0.29, 0.717) is 17.3 Å². The molecule has 0 radical (unpaired) electrons. The monoisotopic (exact) mass is 335 g/mol. The van der Waals surface area contributed by atoms with Crippen LogP contribution in [0.3, 0.4) is 0 Å². The molecule has 5 nitrogen and oxygen atoms in total. The van der Waals surface area contributed by atoms with Crippen molar-refractivity contribution in [1.82, 2.24) is 16.2 Å². The molecule has 0 spiro atoms. The van der Waals surface area contributed by atoms with Crippen LogP contribution in [-0.4, -0.2) is 17.6 Å². The number of nitrogens with one attached hydrogen (secondary N) is 3. The van der Waals surface area contributed by atoms with Gasteiger partial charge in [0.15, 0.2) is 10.9 Å². The number of halogens is 1. The molecule has 0 bridgehead atoms. The molecule has 1 amide bonds. The lowest BCUT2D eigenvalue weighted by Crippen LogP contribution is -2.46. The highest BCUT2D eigenvalue weighted by Gasteiger charge is 2.13. The molecule has 7 heteroatoms. The first-order valence-corrected chi connectivity index (χ1v) is 7.20. The normalized spacial score (nSPS) is 9.86. The number of benzene rings is 1. The summed E-state index contributed by atoms with van der Waals surface area (Å²) in [6, 6.07) is 10.5. The van der Waals surface area contributed by atoms with Crippen LogP contribution >= 0.6 is 23.8 Å². The Morgan fingerprint density at radius 3 is 2.77 bits per heavy atom. The van der Waals surface area contributed by atoms with E-state index in [1.807, 2.05) is 18.2 Å². The second kappa shape index (κ2) is 7.63. The van der Waals surface area contributed by atoms with E-state index in [4.69, 9.17) is 28.2 Å². The van der Waals surface area contributed by atoms with E-state index in [-0.39, 0.29) is 10.9 Å². The second-order valence-electron chi connectivity index (χ2n) is 4.22. The standard InChI is InChI=1S/C15H14ClN3O2S/c1-2-9-17-15(22)19-18-14(20)13-8-7-12(21-13)10-5-3-4-6-11(10)16/h2-8H,1,9H2,(H,18,20)(H2,17,19,22). The van der Waals surface area contributed by atoms with Crippen LogP contribution in [-0.2, 0) is 0 Å². The average Bonchev–Trinajstić information content (AvgIpc) is 3.00. The Hall–Kier alpha value is -2.31. The van der Waals surface area contributed by atoms with Gasteiger partial charge in [-0.05, 0) is 36.5 Å². The molecule has 0 saturated heterocycles. The fourth-order valence-electron chi connectivity index (χ4n) is 1.65. The molecule has 2 rings (SSSR count). The summed E-state index contributed by atoms with van der Waals surface area (Å²) in [5.74, 6) is 0.220. The Morgan fingerprint density at radius 2 is 2.05 bits per heavy atom. The van der Waals surface area contributed by atoms with Crippen LogP contribution in [0.4, 0.5) is 0 Å². The summed E-state index contributed by atoms with van der Waals surface area (Å²) in [5, 5.41) is 3.65. The highest BCUT2D eigenvalue weighted by Crippen LogP contribution is 2.28. The molecule has 1 aromatic carbocycles. The maximum absolute atomic E-state index is 11.9. The quantitative estimate of drug-likeness (QED) is 0.455. The fraction of sp³-hybridized carbons (Fsp3) is 0.0667. The van der Waals surface area contributed by atoms with Crippen LogP contribution in [0.1, 0.15) is 10.6 Å². The van der Waals surface area contributed by atoms with Gasteiger partial charge in [0.1, 0.15) is 5.76 Å². The van der Waals surface area contributed by atoms with Gasteiger partial charge in [-0.1, -0.05) is 29.8 Å². The third-order valence-corrected chi connectivity index (χ3v) is 3.24. The summed E-state index contributed by atoms with van der Waals surface area (Å²) in [7, 11) is 0. The Balaban J connectivity index is 1.99. The SMILES string of the molecule is C=CCNC(=S)NNC(=O)c1ccc(-c2ccccc2Cl)o1. The molecule has 114 valence electrons. The summed E-state index contributed by atoms with van der Waals surface area (Å²) < 4.78 is 5.51. The molecule has 0 atom stereocenters. The molecular formula is C15H14ClN3O2S. The van der Waals surface area contributed by atoms with Gasteiger partial charge in [-0.2, -0.15) is 0 Å². The molecule has 0 unspecified atom stereocenters. The number of hydrazine groups is 1. The third-order valence-electron chi connectivity index (χ3n) is 2.67. The largest absolute Gasteiger partial charge is 0.451 e. The van der Waals surface area contributed by atoms with Gasteiger partial charge in [-0.25, -0.2) is 0 Å². The number of hydrogen-bond acceptors (Lipinski definition) is 3. The minimum Gasteiger partial charge on any atom is -0.451 e. The van der Waals surface area contributed by atoms with Crippen molar-refractivity contribution in [2.75, 3.05) is 6.54 Å². The van der Waals surface area contributed by atoms with Gasteiger partial charge in [-0.15, -0.1) is 6.58 Å². The lowest BCUT2D eigenvalue weighted by atomic mass is 10.2. The molecule has 0 aliphatic carbocycles. The van der Waals surface area contributed by atoms with Crippen molar-refractivity contribution in [2.24, 2.45) is 0 Å². The summed E-state index contributed by atoms with van der Waals surface area (Å²) in [5.41, 5.74) is 5.72. The first-order valence-electron chi connectivity index (χ1n) is 6.41. The summed E-state index contributed by atoms with van der Waals surface area (Å²) in [6.07, 6.45) is 1.65. The zero-order valence-electron chi connectivity index (χ0n) is 11.6. The van der Waals surface area contributed by atoms with E-state index >= 15 is 0 Å². The van der Waals surface area contributed by atoms with Crippen molar-refractivity contribution in [3.8, 4) is 11.3 Å². The summed E-state index contributed by atoms with van der Waals surface area (Å²) >= 11 is 11.0. The highest BCUT2D eigenvalue weighted by molar-refractivity contribution is 7.80.